The molecule has 5 heteroatoms. The molecule has 0 spiro atoms. The van der Waals surface area contributed by atoms with Gasteiger partial charge in [-0.1, -0.05) is 36.2 Å². The maximum Gasteiger partial charge on any atom is 0.317 e. The van der Waals surface area contributed by atoms with E-state index in [1.54, 1.807) is 12.1 Å². The number of hydrogen-bond donors (Lipinski definition) is 2. The first-order valence-corrected chi connectivity index (χ1v) is 5.70. The SMILES string of the molecule is CC[C@H](NCC(=O)O)c1ccc(Cl)c(Cl)c1. The Morgan fingerprint density at radius 3 is 2.62 bits per heavy atom. The van der Waals surface area contributed by atoms with Gasteiger partial charge in [0, 0.05) is 6.04 Å². The van der Waals surface area contributed by atoms with Crippen LogP contribution in [0.1, 0.15) is 24.9 Å². The van der Waals surface area contributed by atoms with Crippen LogP contribution in [0.5, 0.6) is 0 Å². The molecule has 0 saturated carbocycles. The zero-order valence-corrected chi connectivity index (χ0v) is 10.3. The van der Waals surface area contributed by atoms with Crippen molar-refractivity contribution in [3.8, 4) is 0 Å². The maximum atomic E-state index is 10.5. The van der Waals surface area contributed by atoms with E-state index >= 15 is 0 Å². The van der Waals surface area contributed by atoms with Gasteiger partial charge in [-0.3, -0.25) is 4.79 Å². The highest BCUT2D eigenvalue weighted by molar-refractivity contribution is 6.42. The van der Waals surface area contributed by atoms with Crippen molar-refractivity contribution in [3.05, 3.63) is 33.8 Å². The highest BCUT2D eigenvalue weighted by Gasteiger charge is 2.11. The summed E-state index contributed by atoms with van der Waals surface area (Å²) in [5.41, 5.74) is 0.943. The predicted molar refractivity (Wildman–Crippen MR) is 65.1 cm³/mol. The topological polar surface area (TPSA) is 49.3 Å². The van der Waals surface area contributed by atoms with Crippen molar-refractivity contribution in [2.75, 3.05) is 6.54 Å². The van der Waals surface area contributed by atoms with Crippen LogP contribution in [0.25, 0.3) is 0 Å². The van der Waals surface area contributed by atoms with Crippen LogP contribution >= 0.6 is 23.2 Å². The highest BCUT2D eigenvalue weighted by Crippen LogP contribution is 2.26. The van der Waals surface area contributed by atoms with Gasteiger partial charge in [0.2, 0.25) is 0 Å². The molecule has 0 aliphatic rings. The third-order valence-corrected chi connectivity index (χ3v) is 2.99. The molecule has 0 amide bonds. The highest BCUT2D eigenvalue weighted by atomic mass is 35.5. The molecule has 1 rings (SSSR count). The normalized spacial score (nSPS) is 12.4. The molecular formula is C11H13Cl2NO2. The van der Waals surface area contributed by atoms with Gasteiger partial charge < -0.3 is 10.4 Å². The standard InChI is InChI=1S/C11H13Cl2NO2/c1-2-10(14-6-11(15)16)7-3-4-8(12)9(13)5-7/h3-5,10,14H,2,6H2,1H3,(H,15,16)/t10-/m0/s1. The van der Waals surface area contributed by atoms with Gasteiger partial charge in [0.15, 0.2) is 0 Å². The van der Waals surface area contributed by atoms with E-state index in [1.807, 2.05) is 13.0 Å². The first-order chi connectivity index (χ1) is 7.54. The van der Waals surface area contributed by atoms with Crippen molar-refractivity contribution >= 4 is 29.2 Å². The minimum atomic E-state index is -0.876. The van der Waals surface area contributed by atoms with Crippen LogP contribution in [0.2, 0.25) is 10.0 Å². The van der Waals surface area contributed by atoms with E-state index < -0.39 is 5.97 Å². The van der Waals surface area contributed by atoms with Crippen LogP contribution in [0.15, 0.2) is 18.2 Å². The molecule has 1 aromatic carbocycles. The summed E-state index contributed by atoms with van der Waals surface area (Å²) in [6.07, 6.45) is 0.783. The molecule has 1 aromatic rings. The van der Waals surface area contributed by atoms with E-state index in [9.17, 15) is 4.79 Å². The fourth-order valence-corrected chi connectivity index (χ4v) is 1.74. The van der Waals surface area contributed by atoms with Crippen LogP contribution in [0.4, 0.5) is 0 Å². The summed E-state index contributed by atoms with van der Waals surface area (Å²) in [6.45, 7) is 1.90. The Kier molecular flexibility index (Phi) is 5.06. The first kappa shape index (κ1) is 13.3. The summed E-state index contributed by atoms with van der Waals surface area (Å²) in [5, 5.41) is 12.5. The summed E-state index contributed by atoms with van der Waals surface area (Å²) in [6, 6.07) is 5.29. The van der Waals surface area contributed by atoms with Gasteiger partial charge in [-0.2, -0.15) is 0 Å². The second-order valence-electron chi connectivity index (χ2n) is 3.41. The average Bonchev–Trinajstić information content (AvgIpc) is 2.23. The number of rotatable bonds is 5. The van der Waals surface area contributed by atoms with Crippen LogP contribution < -0.4 is 5.32 Å². The smallest absolute Gasteiger partial charge is 0.317 e. The molecule has 0 aliphatic heterocycles. The number of carboxylic acids is 1. The zero-order chi connectivity index (χ0) is 12.1. The Balaban J connectivity index is 2.78. The predicted octanol–water partition coefficient (Wildman–Crippen LogP) is 3.12. The van der Waals surface area contributed by atoms with Crippen molar-refractivity contribution in [1.29, 1.82) is 0 Å². The lowest BCUT2D eigenvalue weighted by molar-refractivity contribution is -0.136. The molecule has 0 aromatic heterocycles. The van der Waals surface area contributed by atoms with E-state index in [1.165, 1.54) is 0 Å². The Bertz CT molecular complexity index is 382. The number of benzene rings is 1. The van der Waals surface area contributed by atoms with Gasteiger partial charge in [0.1, 0.15) is 0 Å². The van der Waals surface area contributed by atoms with E-state index in [-0.39, 0.29) is 12.6 Å². The molecule has 88 valence electrons. The Labute approximate surface area is 104 Å². The summed E-state index contributed by atoms with van der Waals surface area (Å²) >= 11 is 11.7. The van der Waals surface area contributed by atoms with Crippen LogP contribution in [-0.2, 0) is 4.79 Å². The van der Waals surface area contributed by atoms with Crippen molar-refractivity contribution < 1.29 is 9.90 Å². The lowest BCUT2D eigenvalue weighted by Crippen LogP contribution is -2.27. The Morgan fingerprint density at radius 2 is 2.12 bits per heavy atom. The lowest BCUT2D eigenvalue weighted by Gasteiger charge is -2.16. The third-order valence-electron chi connectivity index (χ3n) is 2.25. The number of carbonyl (C=O) groups is 1. The molecule has 2 N–H and O–H groups in total. The van der Waals surface area contributed by atoms with Gasteiger partial charge in [0.25, 0.3) is 0 Å². The molecule has 1 atom stereocenters. The number of hydrogen-bond acceptors (Lipinski definition) is 2. The molecule has 0 saturated heterocycles. The lowest BCUT2D eigenvalue weighted by atomic mass is 10.0. The van der Waals surface area contributed by atoms with Gasteiger partial charge in [0.05, 0.1) is 16.6 Å². The minimum Gasteiger partial charge on any atom is -0.480 e. The molecule has 0 radical (unpaired) electrons. The minimum absolute atomic E-state index is 0.0223. The summed E-state index contributed by atoms with van der Waals surface area (Å²) in [7, 11) is 0. The molecule has 0 heterocycles. The van der Waals surface area contributed by atoms with Crippen LogP contribution in [-0.4, -0.2) is 17.6 Å². The van der Waals surface area contributed by atoms with E-state index in [0.29, 0.717) is 10.0 Å². The largest absolute Gasteiger partial charge is 0.480 e. The van der Waals surface area contributed by atoms with Crippen molar-refractivity contribution in [2.45, 2.75) is 19.4 Å². The first-order valence-electron chi connectivity index (χ1n) is 4.94. The van der Waals surface area contributed by atoms with Crippen molar-refractivity contribution in [3.63, 3.8) is 0 Å². The number of aliphatic carboxylic acids is 1. The second-order valence-corrected chi connectivity index (χ2v) is 4.22. The molecular weight excluding hydrogens is 249 g/mol. The molecule has 0 bridgehead atoms. The second kappa shape index (κ2) is 6.09. The van der Waals surface area contributed by atoms with Gasteiger partial charge in [-0.05, 0) is 24.1 Å². The van der Waals surface area contributed by atoms with Crippen LogP contribution in [0, 0.1) is 0 Å². The average molecular weight is 262 g/mol. The quantitative estimate of drug-likeness (QED) is 0.857. The number of carboxylic acid groups (broad SMARTS) is 1. The third kappa shape index (κ3) is 3.67. The van der Waals surface area contributed by atoms with E-state index in [4.69, 9.17) is 28.3 Å². The summed E-state index contributed by atoms with van der Waals surface area (Å²) in [5.74, 6) is -0.876. The molecule has 0 unspecified atom stereocenters. The summed E-state index contributed by atoms with van der Waals surface area (Å²) < 4.78 is 0. The molecule has 16 heavy (non-hydrogen) atoms. The fourth-order valence-electron chi connectivity index (χ4n) is 1.44. The van der Waals surface area contributed by atoms with Crippen molar-refractivity contribution in [2.24, 2.45) is 0 Å². The number of nitrogens with one attached hydrogen (secondary N) is 1. The fraction of sp³-hybridized carbons (Fsp3) is 0.364. The number of halogens is 2. The van der Waals surface area contributed by atoms with Gasteiger partial charge >= 0.3 is 5.97 Å². The monoisotopic (exact) mass is 261 g/mol. The van der Waals surface area contributed by atoms with Crippen LogP contribution in [0.3, 0.4) is 0 Å². The van der Waals surface area contributed by atoms with E-state index in [2.05, 4.69) is 5.32 Å². The van der Waals surface area contributed by atoms with Gasteiger partial charge in [-0.25, -0.2) is 0 Å². The molecule has 0 fully saturated rings. The molecule has 3 nitrogen and oxygen atoms in total. The summed E-state index contributed by atoms with van der Waals surface area (Å²) in [4.78, 5) is 10.5. The van der Waals surface area contributed by atoms with Gasteiger partial charge in [-0.15, -0.1) is 0 Å². The molecule has 0 aliphatic carbocycles. The van der Waals surface area contributed by atoms with E-state index in [0.717, 1.165) is 12.0 Å². The Hall–Kier alpha value is -0.770. The van der Waals surface area contributed by atoms with Crippen molar-refractivity contribution in [1.82, 2.24) is 5.32 Å². The zero-order valence-electron chi connectivity index (χ0n) is 8.84. The maximum absolute atomic E-state index is 10.5. The Morgan fingerprint density at radius 1 is 1.44 bits per heavy atom.